The highest BCUT2D eigenvalue weighted by molar-refractivity contribution is 5.96. The van der Waals surface area contributed by atoms with Crippen LogP contribution in [0.5, 0.6) is 0 Å². The lowest BCUT2D eigenvalue weighted by molar-refractivity contribution is -0.144. The molecule has 5 N–H and O–H groups in total. The van der Waals surface area contributed by atoms with Crippen LogP contribution in [0.15, 0.2) is 30.3 Å². The van der Waals surface area contributed by atoms with Crippen LogP contribution in [0.3, 0.4) is 0 Å². The zero-order valence-electron chi connectivity index (χ0n) is 27.7. The van der Waals surface area contributed by atoms with E-state index in [1.54, 1.807) is 6.92 Å². The van der Waals surface area contributed by atoms with E-state index in [1.165, 1.54) is 0 Å². The second-order valence-corrected chi connectivity index (χ2v) is 12.5. The number of carbonyl (C=O) groups is 6. The van der Waals surface area contributed by atoms with Crippen LogP contribution in [0.1, 0.15) is 73.3 Å². The van der Waals surface area contributed by atoms with Crippen LogP contribution in [0.25, 0.3) is 0 Å². The molecular formula is C32H49N5O9. The number of hydrogen-bond donors (Lipinski definition) is 5. The topological polar surface area (TPSA) is 194 Å². The molecule has 1 aliphatic rings. The van der Waals surface area contributed by atoms with Gasteiger partial charge in [-0.3, -0.25) is 30.0 Å². The standard InChI is InChI=1S/C32H49N5O9/c1-8-44-31(42)26-25(46-26)30(41)37-36-29(40)24(16-20(6)7)34-27(38)22(14-18(2)3)33-28(39)23(15-19(4)5)35-32(43)45-17-21-12-10-9-11-13-21/h9-13,18-20,22-26H,8,14-17H2,1-7H3,(H,33,39)(H,34,38)(H,35,43)(H,36,40)(H,37,41)/t22-,23-,24-,25?,26?/m0/s1. The van der Waals surface area contributed by atoms with Crippen molar-refractivity contribution >= 4 is 35.7 Å². The van der Waals surface area contributed by atoms with Crippen molar-refractivity contribution in [3.8, 4) is 0 Å². The number of epoxide rings is 1. The number of carbonyl (C=O) groups excluding carboxylic acids is 6. The lowest BCUT2D eigenvalue weighted by Gasteiger charge is -2.27. The zero-order valence-corrected chi connectivity index (χ0v) is 27.7. The SMILES string of the molecule is CCOC(=O)C1OC1C(=O)NNC(=O)[C@H](CC(C)C)NC(=O)[C@H](CC(C)C)NC(=O)[C@H](CC(C)C)NC(=O)OCc1ccccc1. The predicted octanol–water partition coefficient (Wildman–Crippen LogP) is 1.87. The maximum absolute atomic E-state index is 13.5. The Hall–Kier alpha value is -4.20. The first-order valence-corrected chi connectivity index (χ1v) is 15.7. The van der Waals surface area contributed by atoms with E-state index in [1.807, 2.05) is 71.9 Å². The van der Waals surface area contributed by atoms with Gasteiger partial charge in [-0.2, -0.15) is 0 Å². The zero-order chi connectivity index (χ0) is 34.4. The van der Waals surface area contributed by atoms with Gasteiger partial charge < -0.3 is 30.2 Å². The lowest BCUT2D eigenvalue weighted by Crippen LogP contribution is -2.58. The Kier molecular flexibility index (Phi) is 15.4. The fourth-order valence-corrected chi connectivity index (χ4v) is 4.56. The van der Waals surface area contributed by atoms with Crippen LogP contribution in [0.2, 0.25) is 0 Å². The molecule has 46 heavy (non-hydrogen) atoms. The van der Waals surface area contributed by atoms with E-state index in [4.69, 9.17) is 14.2 Å². The summed E-state index contributed by atoms with van der Waals surface area (Å²) < 4.78 is 15.2. The maximum atomic E-state index is 13.5. The summed E-state index contributed by atoms with van der Waals surface area (Å²) in [5.74, 6) is -3.27. The smallest absolute Gasteiger partial charge is 0.408 e. The number of alkyl carbamates (subject to hydrolysis) is 1. The number of ether oxygens (including phenoxy) is 3. The molecule has 14 nitrogen and oxygen atoms in total. The molecule has 0 aliphatic carbocycles. The van der Waals surface area contributed by atoms with Crippen LogP contribution >= 0.6 is 0 Å². The predicted molar refractivity (Wildman–Crippen MR) is 167 cm³/mol. The van der Waals surface area contributed by atoms with Gasteiger partial charge in [0, 0.05) is 0 Å². The fraction of sp³-hybridized carbons (Fsp3) is 0.625. The number of benzene rings is 1. The summed E-state index contributed by atoms with van der Waals surface area (Å²) in [4.78, 5) is 76.6. The Morgan fingerprint density at radius 2 is 1.17 bits per heavy atom. The molecule has 1 heterocycles. The molecule has 0 aromatic heterocycles. The Labute approximate surface area is 270 Å². The molecule has 1 fully saturated rings. The van der Waals surface area contributed by atoms with E-state index in [0.717, 1.165) is 5.56 Å². The first-order valence-electron chi connectivity index (χ1n) is 15.7. The second kappa shape index (κ2) is 18.7. The van der Waals surface area contributed by atoms with Gasteiger partial charge in [-0.1, -0.05) is 71.9 Å². The minimum absolute atomic E-state index is 0.00838. The molecular weight excluding hydrogens is 598 g/mol. The number of esters is 1. The molecule has 5 amide bonds. The summed E-state index contributed by atoms with van der Waals surface area (Å²) in [5, 5.41) is 8.05. The Morgan fingerprint density at radius 1 is 0.674 bits per heavy atom. The van der Waals surface area contributed by atoms with Crippen LogP contribution < -0.4 is 26.8 Å². The van der Waals surface area contributed by atoms with Crippen LogP contribution in [0.4, 0.5) is 4.79 Å². The summed E-state index contributed by atoms with van der Waals surface area (Å²) >= 11 is 0. The molecule has 5 atom stereocenters. The highest BCUT2D eigenvalue weighted by atomic mass is 16.6. The number of hydrazine groups is 1. The van der Waals surface area contributed by atoms with Gasteiger partial charge in [0.1, 0.15) is 24.7 Å². The summed E-state index contributed by atoms with van der Waals surface area (Å²) in [6.07, 6.45) is -2.12. The highest BCUT2D eigenvalue weighted by Crippen LogP contribution is 2.23. The van der Waals surface area contributed by atoms with Crippen molar-refractivity contribution in [1.29, 1.82) is 0 Å². The molecule has 0 spiro atoms. The third-order valence-electron chi connectivity index (χ3n) is 6.79. The van der Waals surface area contributed by atoms with E-state index < -0.39 is 66.0 Å². The van der Waals surface area contributed by atoms with Crippen molar-refractivity contribution in [2.45, 2.75) is 105 Å². The van der Waals surface area contributed by atoms with Crippen molar-refractivity contribution in [2.75, 3.05) is 6.61 Å². The highest BCUT2D eigenvalue weighted by Gasteiger charge is 2.51. The van der Waals surface area contributed by atoms with Crippen molar-refractivity contribution in [3.63, 3.8) is 0 Å². The van der Waals surface area contributed by atoms with Crippen molar-refractivity contribution < 1.29 is 43.0 Å². The molecule has 1 aliphatic heterocycles. The van der Waals surface area contributed by atoms with E-state index in [2.05, 4.69) is 26.8 Å². The Morgan fingerprint density at radius 3 is 1.67 bits per heavy atom. The van der Waals surface area contributed by atoms with Crippen LogP contribution in [0, 0.1) is 17.8 Å². The van der Waals surface area contributed by atoms with E-state index >= 15 is 0 Å². The molecule has 1 aromatic rings. The summed E-state index contributed by atoms with van der Waals surface area (Å²) in [6.45, 7) is 13.1. The lowest BCUT2D eigenvalue weighted by atomic mass is 9.99. The average Bonchev–Trinajstić information content (AvgIpc) is 3.79. The van der Waals surface area contributed by atoms with Crippen LogP contribution in [-0.2, 0) is 44.8 Å². The number of hydrogen-bond acceptors (Lipinski definition) is 9. The molecule has 256 valence electrons. The van der Waals surface area contributed by atoms with Gasteiger partial charge in [0.2, 0.25) is 11.8 Å². The Balaban J connectivity index is 2.05. The average molecular weight is 648 g/mol. The molecule has 1 saturated heterocycles. The first kappa shape index (κ1) is 38.0. The van der Waals surface area contributed by atoms with Crippen LogP contribution in [-0.4, -0.2) is 72.6 Å². The largest absolute Gasteiger partial charge is 0.464 e. The minimum atomic E-state index is -1.09. The summed E-state index contributed by atoms with van der Waals surface area (Å²) in [6, 6.07) is 6.06. The molecule has 0 radical (unpaired) electrons. The molecule has 0 saturated carbocycles. The Bertz CT molecular complexity index is 1190. The van der Waals surface area contributed by atoms with Gasteiger partial charge in [-0.15, -0.1) is 0 Å². The molecule has 0 bridgehead atoms. The quantitative estimate of drug-likeness (QED) is 0.0953. The molecule has 14 heteroatoms. The van der Waals surface area contributed by atoms with Gasteiger partial charge in [0.15, 0.2) is 12.2 Å². The maximum Gasteiger partial charge on any atom is 0.408 e. The van der Waals surface area contributed by atoms with Crippen molar-refractivity contribution in [1.82, 2.24) is 26.8 Å². The third-order valence-corrected chi connectivity index (χ3v) is 6.79. The number of nitrogens with one attached hydrogen (secondary N) is 5. The number of rotatable bonds is 17. The van der Waals surface area contributed by atoms with E-state index in [-0.39, 0.29) is 43.8 Å². The third kappa shape index (κ3) is 13.4. The van der Waals surface area contributed by atoms with Gasteiger partial charge >= 0.3 is 12.1 Å². The van der Waals surface area contributed by atoms with E-state index in [9.17, 15) is 28.8 Å². The monoisotopic (exact) mass is 647 g/mol. The molecule has 1 aromatic carbocycles. The summed E-state index contributed by atoms with van der Waals surface area (Å²) in [5.41, 5.74) is 5.29. The normalized spacial score (nSPS) is 17.3. The summed E-state index contributed by atoms with van der Waals surface area (Å²) in [7, 11) is 0. The molecule has 2 rings (SSSR count). The number of amides is 5. The van der Waals surface area contributed by atoms with Crippen molar-refractivity contribution in [3.05, 3.63) is 35.9 Å². The minimum Gasteiger partial charge on any atom is -0.464 e. The fourth-order valence-electron chi connectivity index (χ4n) is 4.56. The first-order chi connectivity index (χ1) is 21.7. The van der Waals surface area contributed by atoms with Gasteiger partial charge in [-0.05, 0) is 49.5 Å². The molecule has 2 unspecified atom stereocenters. The van der Waals surface area contributed by atoms with Gasteiger partial charge in [0.05, 0.1) is 6.61 Å². The second-order valence-electron chi connectivity index (χ2n) is 12.5. The van der Waals surface area contributed by atoms with E-state index in [0.29, 0.717) is 6.42 Å². The van der Waals surface area contributed by atoms with Gasteiger partial charge in [-0.25, -0.2) is 9.59 Å². The van der Waals surface area contributed by atoms with Gasteiger partial charge in [0.25, 0.3) is 11.8 Å². The van der Waals surface area contributed by atoms with Crippen molar-refractivity contribution in [2.24, 2.45) is 17.8 Å².